The minimum absolute atomic E-state index is 0.0419. The first-order valence-electron chi connectivity index (χ1n) is 7.85. The zero-order chi connectivity index (χ0) is 19.0. The molecule has 0 amide bonds. The number of phenolic OH excluding ortho intramolecular Hbond substituents is 1. The zero-order valence-corrected chi connectivity index (χ0v) is 15.1. The van der Waals surface area contributed by atoms with E-state index in [1.807, 2.05) is 0 Å². The predicted molar refractivity (Wildman–Crippen MR) is 103 cm³/mol. The highest BCUT2D eigenvalue weighted by molar-refractivity contribution is 5.75. The number of aliphatic hydroxyl groups is 1. The van der Waals surface area contributed by atoms with Gasteiger partial charge in [0.05, 0.1) is 14.2 Å². The molecule has 0 saturated heterocycles. The molecule has 0 aliphatic rings. The van der Waals surface area contributed by atoms with Crippen molar-refractivity contribution in [2.45, 2.75) is 19.8 Å². The molecule has 25 heavy (non-hydrogen) atoms. The van der Waals surface area contributed by atoms with Crippen LogP contribution in [0.25, 0.3) is 5.57 Å². The first kappa shape index (κ1) is 20.2. The molecule has 0 aromatic heterocycles. The highest BCUT2D eigenvalue weighted by atomic mass is 16.5. The summed E-state index contributed by atoms with van der Waals surface area (Å²) >= 11 is 0. The predicted octanol–water partition coefficient (Wildman–Crippen LogP) is 5.08. The standard InChI is InChI=1S/C21H26O4/c1-7-9-14(3)11-18(24-5)20(22)15(4)17-12-16(10-8-2)13-19(25-6)21(17)23/h7-8,11-13,22-23H,1-3,9-10H2,4-6H3/b18-11+,20-15-. The fourth-order valence-electron chi connectivity index (χ4n) is 2.36. The van der Waals surface area contributed by atoms with Crippen LogP contribution >= 0.6 is 0 Å². The lowest BCUT2D eigenvalue weighted by molar-refractivity contribution is 0.257. The van der Waals surface area contributed by atoms with Gasteiger partial charge in [-0.15, -0.1) is 13.2 Å². The van der Waals surface area contributed by atoms with Crippen molar-refractivity contribution in [2.24, 2.45) is 0 Å². The molecule has 4 heteroatoms. The number of rotatable bonds is 9. The summed E-state index contributed by atoms with van der Waals surface area (Å²) in [5.41, 5.74) is 2.58. The van der Waals surface area contributed by atoms with Gasteiger partial charge in [0.2, 0.25) is 0 Å². The summed E-state index contributed by atoms with van der Waals surface area (Å²) in [6.45, 7) is 13.0. The molecule has 0 saturated carbocycles. The number of hydrogen-bond acceptors (Lipinski definition) is 4. The molecule has 1 rings (SSSR count). The minimum Gasteiger partial charge on any atom is -0.504 e. The summed E-state index contributed by atoms with van der Waals surface area (Å²) in [5, 5.41) is 21.0. The second-order valence-electron chi connectivity index (χ2n) is 5.52. The third kappa shape index (κ3) is 5.05. The SMILES string of the molecule is C=CCC(=C)/C=C(OC)\C(O)=C(/C)c1cc(CC=C)cc(OC)c1O. The molecule has 0 aliphatic carbocycles. The Bertz CT molecular complexity index is 724. The number of phenols is 1. The molecule has 4 nitrogen and oxygen atoms in total. The van der Waals surface area contributed by atoms with E-state index < -0.39 is 0 Å². The Morgan fingerprint density at radius 3 is 2.40 bits per heavy atom. The van der Waals surface area contributed by atoms with E-state index >= 15 is 0 Å². The number of allylic oxidation sites excluding steroid dienone is 5. The minimum atomic E-state index is -0.0826. The van der Waals surface area contributed by atoms with Gasteiger partial charge in [0.1, 0.15) is 0 Å². The third-order valence-electron chi connectivity index (χ3n) is 3.69. The number of hydrogen-bond donors (Lipinski definition) is 2. The van der Waals surface area contributed by atoms with Gasteiger partial charge in [-0.3, -0.25) is 0 Å². The molecule has 0 heterocycles. The van der Waals surface area contributed by atoms with Gasteiger partial charge in [0.25, 0.3) is 0 Å². The van der Waals surface area contributed by atoms with Gasteiger partial charge in [-0.2, -0.15) is 0 Å². The molecule has 0 bridgehead atoms. The van der Waals surface area contributed by atoms with E-state index in [9.17, 15) is 10.2 Å². The maximum Gasteiger partial charge on any atom is 0.165 e. The Labute approximate surface area is 149 Å². The van der Waals surface area contributed by atoms with Crippen molar-refractivity contribution in [3.8, 4) is 11.5 Å². The Morgan fingerprint density at radius 2 is 1.88 bits per heavy atom. The molecule has 0 unspecified atom stereocenters. The van der Waals surface area contributed by atoms with Gasteiger partial charge in [-0.05, 0) is 49.1 Å². The monoisotopic (exact) mass is 342 g/mol. The van der Waals surface area contributed by atoms with Gasteiger partial charge in [-0.25, -0.2) is 0 Å². The zero-order valence-electron chi connectivity index (χ0n) is 15.1. The summed E-state index contributed by atoms with van der Waals surface area (Å²) < 4.78 is 10.5. The number of aromatic hydroxyl groups is 1. The van der Waals surface area contributed by atoms with Gasteiger partial charge in [-0.1, -0.05) is 18.7 Å². The molecule has 0 radical (unpaired) electrons. The Balaban J connectivity index is 3.48. The van der Waals surface area contributed by atoms with E-state index in [1.54, 1.807) is 37.3 Å². The van der Waals surface area contributed by atoms with Crippen LogP contribution in [-0.2, 0) is 11.2 Å². The molecule has 2 N–H and O–H groups in total. The van der Waals surface area contributed by atoms with Crippen molar-refractivity contribution in [1.29, 1.82) is 0 Å². The highest BCUT2D eigenvalue weighted by Gasteiger charge is 2.17. The van der Waals surface area contributed by atoms with Crippen molar-refractivity contribution in [1.82, 2.24) is 0 Å². The first-order chi connectivity index (χ1) is 11.9. The normalized spacial score (nSPS) is 12.2. The Kier molecular flexibility index (Phi) is 7.60. The number of methoxy groups -OCH3 is 2. The van der Waals surface area contributed by atoms with E-state index in [4.69, 9.17) is 9.47 Å². The van der Waals surface area contributed by atoms with Crippen molar-refractivity contribution in [3.63, 3.8) is 0 Å². The lowest BCUT2D eigenvalue weighted by atomic mass is 9.99. The number of ether oxygens (including phenoxy) is 2. The molecule has 0 atom stereocenters. The van der Waals surface area contributed by atoms with Crippen molar-refractivity contribution < 1.29 is 19.7 Å². The van der Waals surface area contributed by atoms with E-state index in [-0.39, 0.29) is 17.3 Å². The second-order valence-corrected chi connectivity index (χ2v) is 5.52. The van der Waals surface area contributed by atoms with Crippen molar-refractivity contribution >= 4 is 5.57 Å². The number of aliphatic hydroxyl groups excluding tert-OH is 1. The largest absolute Gasteiger partial charge is 0.504 e. The smallest absolute Gasteiger partial charge is 0.165 e. The average molecular weight is 342 g/mol. The van der Waals surface area contributed by atoms with Crippen LogP contribution in [0.15, 0.2) is 67.2 Å². The van der Waals surface area contributed by atoms with Crippen molar-refractivity contribution in [2.75, 3.05) is 14.2 Å². The van der Waals surface area contributed by atoms with Crippen LogP contribution in [0.3, 0.4) is 0 Å². The van der Waals surface area contributed by atoms with Crippen LogP contribution in [0.4, 0.5) is 0 Å². The number of benzene rings is 1. The molecule has 1 aromatic rings. The maximum absolute atomic E-state index is 10.6. The van der Waals surface area contributed by atoms with Crippen LogP contribution < -0.4 is 4.74 Å². The summed E-state index contributed by atoms with van der Waals surface area (Å²) in [6.07, 6.45) is 6.31. The third-order valence-corrected chi connectivity index (χ3v) is 3.69. The molecule has 0 spiro atoms. The average Bonchev–Trinajstić information content (AvgIpc) is 2.60. The highest BCUT2D eigenvalue weighted by Crippen LogP contribution is 2.37. The van der Waals surface area contributed by atoms with E-state index in [1.165, 1.54) is 14.2 Å². The quantitative estimate of drug-likeness (QED) is 0.373. The summed E-state index contributed by atoms with van der Waals surface area (Å²) in [4.78, 5) is 0. The lowest BCUT2D eigenvalue weighted by Crippen LogP contribution is -1.99. The fourth-order valence-corrected chi connectivity index (χ4v) is 2.36. The molecule has 0 fully saturated rings. The lowest BCUT2D eigenvalue weighted by Gasteiger charge is -2.15. The van der Waals surface area contributed by atoms with Crippen LogP contribution in [0.1, 0.15) is 24.5 Å². The first-order valence-corrected chi connectivity index (χ1v) is 7.85. The topological polar surface area (TPSA) is 58.9 Å². The van der Waals surface area contributed by atoms with E-state index in [0.29, 0.717) is 29.7 Å². The van der Waals surface area contributed by atoms with Crippen LogP contribution in [0.5, 0.6) is 11.5 Å². The fraction of sp³-hybridized carbons (Fsp3) is 0.238. The van der Waals surface area contributed by atoms with Gasteiger partial charge >= 0.3 is 0 Å². The summed E-state index contributed by atoms with van der Waals surface area (Å²) in [5.74, 6) is 0.470. The van der Waals surface area contributed by atoms with E-state index in [2.05, 4.69) is 19.7 Å². The molecular weight excluding hydrogens is 316 g/mol. The maximum atomic E-state index is 10.6. The van der Waals surface area contributed by atoms with Gasteiger partial charge in [0, 0.05) is 11.1 Å². The summed E-state index contributed by atoms with van der Waals surface area (Å²) in [6, 6.07) is 3.53. The van der Waals surface area contributed by atoms with E-state index in [0.717, 1.165) is 11.1 Å². The van der Waals surface area contributed by atoms with Crippen LogP contribution in [0, 0.1) is 0 Å². The van der Waals surface area contributed by atoms with Crippen LogP contribution in [-0.4, -0.2) is 24.4 Å². The summed E-state index contributed by atoms with van der Waals surface area (Å²) in [7, 11) is 2.94. The second kappa shape index (κ2) is 9.42. The van der Waals surface area contributed by atoms with Crippen LogP contribution in [0.2, 0.25) is 0 Å². The van der Waals surface area contributed by atoms with Gasteiger partial charge < -0.3 is 19.7 Å². The van der Waals surface area contributed by atoms with Gasteiger partial charge in [0.15, 0.2) is 23.0 Å². The Hall–Kier alpha value is -2.88. The Morgan fingerprint density at radius 1 is 1.20 bits per heavy atom. The molecule has 0 aliphatic heterocycles. The molecule has 1 aromatic carbocycles. The van der Waals surface area contributed by atoms with Crippen molar-refractivity contribution in [3.05, 3.63) is 78.3 Å². The molecule has 134 valence electrons. The molecular formula is C21H26O4.